The van der Waals surface area contributed by atoms with Gasteiger partial charge < -0.3 is 26.5 Å². The highest BCUT2D eigenvalue weighted by molar-refractivity contribution is 6.36. The zero-order chi connectivity index (χ0) is 22.5. The molecular formula is C17H14Cl2N8O4. The van der Waals surface area contributed by atoms with Crippen LogP contribution in [0.2, 0.25) is 10.0 Å². The highest BCUT2D eigenvalue weighted by Gasteiger charge is 2.22. The molecule has 0 radical (unpaired) electrons. The molecule has 2 aromatic heterocycles. The smallest absolute Gasteiger partial charge is 0.390 e. The number of anilines is 3. The minimum Gasteiger partial charge on any atom is -0.390 e. The highest BCUT2D eigenvalue weighted by Crippen LogP contribution is 2.34. The molecular weight excluding hydrogens is 451 g/mol. The molecule has 0 spiro atoms. The first kappa shape index (κ1) is 21.9. The third-order valence-corrected chi connectivity index (χ3v) is 4.55. The van der Waals surface area contributed by atoms with E-state index in [-0.39, 0.29) is 46.8 Å². The van der Waals surface area contributed by atoms with Crippen molar-refractivity contribution in [1.82, 2.24) is 15.0 Å². The lowest BCUT2D eigenvalue weighted by atomic mass is 10.1. The lowest BCUT2D eigenvalue weighted by molar-refractivity contribution is -0.389. The van der Waals surface area contributed by atoms with Crippen LogP contribution in [-0.2, 0) is 0 Å². The highest BCUT2D eigenvalue weighted by atomic mass is 35.5. The summed E-state index contributed by atoms with van der Waals surface area (Å²) in [5.41, 5.74) is 5.69. The van der Waals surface area contributed by atoms with Crippen LogP contribution in [0.4, 0.5) is 28.8 Å². The zero-order valence-corrected chi connectivity index (χ0v) is 17.1. The number of nitro groups is 2. The van der Waals surface area contributed by atoms with Gasteiger partial charge in [0.25, 0.3) is 5.69 Å². The molecule has 12 nitrogen and oxygen atoms in total. The maximum absolute atomic E-state index is 11.3. The molecule has 0 aliphatic carbocycles. The number of halogens is 2. The third kappa shape index (κ3) is 5.05. The van der Waals surface area contributed by atoms with Crippen LogP contribution in [0, 0.1) is 20.2 Å². The lowest BCUT2D eigenvalue weighted by Crippen LogP contribution is -2.16. The van der Waals surface area contributed by atoms with Crippen LogP contribution < -0.4 is 16.4 Å². The van der Waals surface area contributed by atoms with Gasteiger partial charge in [-0.25, -0.2) is 9.97 Å². The van der Waals surface area contributed by atoms with E-state index in [4.69, 9.17) is 28.9 Å². The molecule has 0 atom stereocenters. The van der Waals surface area contributed by atoms with Crippen LogP contribution in [0.5, 0.6) is 0 Å². The largest absolute Gasteiger partial charge is 0.390 e. The number of hydrogen-bond acceptors (Lipinski definition) is 10. The van der Waals surface area contributed by atoms with Gasteiger partial charge in [-0.2, -0.15) is 0 Å². The van der Waals surface area contributed by atoms with Crippen LogP contribution in [-0.4, -0.2) is 37.9 Å². The van der Waals surface area contributed by atoms with E-state index in [2.05, 4.69) is 25.6 Å². The van der Waals surface area contributed by atoms with Crippen molar-refractivity contribution in [1.29, 1.82) is 0 Å². The molecule has 14 heteroatoms. The monoisotopic (exact) mass is 464 g/mol. The summed E-state index contributed by atoms with van der Waals surface area (Å²) < 4.78 is 0. The minimum atomic E-state index is -0.657. The summed E-state index contributed by atoms with van der Waals surface area (Å²) in [6.07, 6.45) is 2.49. The summed E-state index contributed by atoms with van der Waals surface area (Å²) in [5, 5.41) is 28.7. The standard InChI is InChI=1S/C17H14Cl2N8O4/c18-9-1-2-10(11(19)7-9)15-17(27(30)31)24-8-13(25-15)21-5-6-23-16-14(20)12(26(28)29)3-4-22-16/h1-4,7-8H,5-6,20H2,(H,21,25)(H,22,23). The van der Waals surface area contributed by atoms with Crippen molar-refractivity contribution in [2.75, 3.05) is 29.5 Å². The van der Waals surface area contributed by atoms with Gasteiger partial charge in [-0.3, -0.25) is 10.1 Å². The number of pyridine rings is 1. The molecule has 31 heavy (non-hydrogen) atoms. The average molecular weight is 465 g/mol. The first-order valence-corrected chi connectivity index (χ1v) is 9.37. The van der Waals surface area contributed by atoms with Gasteiger partial charge in [-0.05, 0) is 28.1 Å². The quantitative estimate of drug-likeness (QED) is 0.252. The van der Waals surface area contributed by atoms with Crippen molar-refractivity contribution in [3.05, 3.63) is 66.9 Å². The van der Waals surface area contributed by atoms with Gasteiger partial charge in [-0.15, -0.1) is 0 Å². The SMILES string of the molecule is Nc1c([N+](=O)[O-])ccnc1NCCNc1cnc([N+](=O)[O-])c(-c2ccc(Cl)cc2Cl)n1. The molecule has 0 amide bonds. The summed E-state index contributed by atoms with van der Waals surface area (Å²) in [5.74, 6) is -0.0331. The van der Waals surface area contributed by atoms with Crippen LogP contribution in [0.25, 0.3) is 11.3 Å². The summed E-state index contributed by atoms with van der Waals surface area (Å²) in [4.78, 5) is 33.1. The van der Waals surface area contributed by atoms with E-state index in [1.165, 1.54) is 36.7 Å². The van der Waals surface area contributed by atoms with Gasteiger partial charge in [0.2, 0.25) is 0 Å². The van der Waals surface area contributed by atoms with E-state index in [0.29, 0.717) is 10.6 Å². The molecule has 160 valence electrons. The molecule has 0 unspecified atom stereocenters. The normalized spacial score (nSPS) is 10.5. The zero-order valence-electron chi connectivity index (χ0n) is 15.6. The molecule has 4 N–H and O–H groups in total. The second-order valence-electron chi connectivity index (χ2n) is 6.01. The maximum Gasteiger partial charge on any atom is 0.390 e. The molecule has 0 saturated heterocycles. The van der Waals surface area contributed by atoms with E-state index >= 15 is 0 Å². The number of nitrogens with one attached hydrogen (secondary N) is 2. The van der Waals surface area contributed by atoms with Crippen LogP contribution in [0.3, 0.4) is 0 Å². The predicted octanol–water partition coefficient (Wildman–Crippen LogP) is 3.77. The summed E-state index contributed by atoms with van der Waals surface area (Å²) in [7, 11) is 0. The van der Waals surface area contributed by atoms with Crippen LogP contribution >= 0.6 is 23.2 Å². The van der Waals surface area contributed by atoms with E-state index in [0.717, 1.165) is 0 Å². The number of aromatic nitrogens is 3. The van der Waals surface area contributed by atoms with Crippen molar-refractivity contribution in [3.8, 4) is 11.3 Å². The molecule has 3 aromatic rings. The predicted molar refractivity (Wildman–Crippen MR) is 116 cm³/mol. The fourth-order valence-electron chi connectivity index (χ4n) is 2.60. The molecule has 0 fully saturated rings. The Balaban J connectivity index is 1.74. The van der Waals surface area contributed by atoms with Crippen LogP contribution in [0.1, 0.15) is 0 Å². The fraction of sp³-hybridized carbons (Fsp3) is 0.118. The fourth-order valence-corrected chi connectivity index (χ4v) is 3.10. The Kier molecular flexibility index (Phi) is 6.62. The van der Waals surface area contributed by atoms with Crippen LogP contribution in [0.15, 0.2) is 36.7 Å². The third-order valence-electron chi connectivity index (χ3n) is 4.00. The number of benzene rings is 1. The van der Waals surface area contributed by atoms with Crippen molar-refractivity contribution >= 4 is 52.0 Å². The molecule has 0 aliphatic rings. The van der Waals surface area contributed by atoms with Gasteiger partial charge >= 0.3 is 5.82 Å². The Morgan fingerprint density at radius 3 is 2.45 bits per heavy atom. The summed E-state index contributed by atoms with van der Waals surface area (Å²) >= 11 is 12.1. The van der Waals surface area contributed by atoms with E-state index in [9.17, 15) is 20.2 Å². The Bertz CT molecular complexity index is 1160. The molecule has 3 rings (SSSR count). The molecule has 0 aliphatic heterocycles. The lowest BCUT2D eigenvalue weighted by Gasteiger charge is -2.10. The Morgan fingerprint density at radius 2 is 1.77 bits per heavy atom. The first-order chi connectivity index (χ1) is 14.8. The number of nitrogens with zero attached hydrogens (tertiary/aromatic N) is 5. The number of rotatable bonds is 8. The Hall–Kier alpha value is -3.77. The molecule has 0 saturated carbocycles. The molecule has 1 aromatic carbocycles. The Morgan fingerprint density at radius 1 is 1.03 bits per heavy atom. The number of hydrogen-bond donors (Lipinski definition) is 3. The van der Waals surface area contributed by atoms with Crippen molar-refractivity contribution in [2.24, 2.45) is 0 Å². The molecule has 0 bridgehead atoms. The summed E-state index contributed by atoms with van der Waals surface area (Å²) in [6.45, 7) is 0.554. The van der Waals surface area contributed by atoms with Gasteiger partial charge in [0, 0.05) is 35.9 Å². The number of nitrogens with two attached hydrogens (primary N) is 1. The Labute approximate surface area is 184 Å². The van der Waals surface area contributed by atoms with Crippen molar-refractivity contribution in [3.63, 3.8) is 0 Å². The van der Waals surface area contributed by atoms with Gasteiger partial charge in [0.15, 0.2) is 29.2 Å². The van der Waals surface area contributed by atoms with Gasteiger partial charge in [0.05, 0.1) is 9.95 Å². The van der Waals surface area contributed by atoms with E-state index in [1.807, 2.05) is 0 Å². The minimum absolute atomic E-state index is 0.0192. The van der Waals surface area contributed by atoms with Crippen molar-refractivity contribution < 1.29 is 9.85 Å². The van der Waals surface area contributed by atoms with E-state index in [1.54, 1.807) is 0 Å². The average Bonchev–Trinajstić information content (AvgIpc) is 2.71. The van der Waals surface area contributed by atoms with Crippen molar-refractivity contribution in [2.45, 2.75) is 0 Å². The topological polar surface area (TPSA) is 175 Å². The second kappa shape index (κ2) is 9.36. The molecule has 2 heterocycles. The van der Waals surface area contributed by atoms with Gasteiger partial charge in [-0.1, -0.05) is 23.2 Å². The second-order valence-corrected chi connectivity index (χ2v) is 6.86. The maximum atomic E-state index is 11.3. The number of nitrogen functional groups attached to an aromatic ring is 1. The first-order valence-electron chi connectivity index (χ1n) is 8.61. The van der Waals surface area contributed by atoms with E-state index < -0.39 is 15.7 Å². The van der Waals surface area contributed by atoms with Gasteiger partial charge in [0.1, 0.15) is 0 Å². The summed E-state index contributed by atoms with van der Waals surface area (Å²) in [6, 6.07) is 5.71.